The lowest BCUT2D eigenvalue weighted by molar-refractivity contribution is -0.143. The van der Waals surface area contributed by atoms with Gasteiger partial charge in [0, 0.05) is 6.04 Å². The topological polar surface area (TPSA) is 66.4 Å². The van der Waals surface area contributed by atoms with E-state index < -0.39 is 29.7 Å². The number of carboxylic acids is 1. The maximum atomic E-state index is 13.7. The Hall–Kier alpha value is -1.91. The van der Waals surface area contributed by atoms with Gasteiger partial charge in [0.25, 0.3) is 5.91 Å². The molecule has 1 amide bonds. The highest BCUT2D eigenvalue weighted by atomic mass is 19.1. The van der Waals surface area contributed by atoms with Crippen molar-refractivity contribution in [2.75, 3.05) is 0 Å². The highest BCUT2D eigenvalue weighted by Gasteiger charge is 2.32. The van der Waals surface area contributed by atoms with Gasteiger partial charge < -0.3 is 10.4 Å². The van der Waals surface area contributed by atoms with Gasteiger partial charge in [-0.05, 0) is 37.5 Å². The maximum Gasteiger partial charge on any atom is 0.308 e. The maximum absolute atomic E-state index is 13.7. The van der Waals surface area contributed by atoms with E-state index in [4.69, 9.17) is 5.11 Å². The second-order valence-corrected chi connectivity index (χ2v) is 5.29. The van der Waals surface area contributed by atoms with Gasteiger partial charge in [-0.25, -0.2) is 4.39 Å². The summed E-state index contributed by atoms with van der Waals surface area (Å²) in [6, 6.07) is 3.96. The molecule has 20 heavy (non-hydrogen) atoms. The monoisotopic (exact) mass is 279 g/mol. The second-order valence-electron chi connectivity index (χ2n) is 5.29. The third kappa shape index (κ3) is 3.15. The van der Waals surface area contributed by atoms with Gasteiger partial charge in [0.1, 0.15) is 5.82 Å². The van der Waals surface area contributed by atoms with E-state index in [9.17, 15) is 14.0 Å². The van der Waals surface area contributed by atoms with Crippen molar-refractivity contribution < 1.29 is 19.1 Å². The summed E-state index contributed by atoms with van der Waals surface area (Å²) in [7, 11) is 0. The molecule has 1 aliphatic rings. The highest BCUT2D eigenvalue weighted by molar-refractivity contribution is 5.95. The van der Waals surface area contributed by atoms with Gasteiger partial charge in [0.05, 0.1) is 11.5 Å². The smallest absolute Gasteiger partial charge is 0.308 e. The van der Waals surface area contributed by atoms with Crippen molar-refractivity contribution in [3.63, 3.8) is 0 Å². The van der Waals surface area contributed by atoms with Gasteiger partial charge in [-0.2, -0.15) is 0 Å². The van der Waals surface area contributed by atoms with Gasteiger partial charge in [-0.3, -0.25) is 9.59 Å². The first kappa shape index (κ1) is 14.5. The molecule has 0 radical (unpaired) electrons. The first-order chi connectivity index (χ1) is 9.49. The number of carboxylic acid groups (broad SMARTS) is 1. The number of nitrogens with one attached hydrogen (secondary N) is 1. The summed E-state index contributed by atoms with van der Waals surface area (Å²) in [4.78, 5) is 23.2. The largest absolute Gasteiger partial charge is 0.481 e. The Morgan fingerprint density at radius 3 is 2.65 bits per heavy atom. The van der Waals surface area contributed by atoms with E-state index in [2.05, 4.69) is 5.32 Å². The molecule has 2 rings (SSSR count). The molecule has 108 valence electrons. The molecule has 5 heteroatoms. The normalized spacial score (nSPS) is 22.3. The molecule has 4 nitrogen and oxygen atoms in total. The van der Waals surface area contributed by atoms with E-state index in [1.165, 1.54) is 12.1 Å². The number of amides is 1. The predicted molar refractivity (Wildman–Crippen MR) is 72.0 cm³/mol. The molecule has 1 aromatic rings. The van der Waals surface area contributed by atoms with E-state index in [1.54, 1.807) is 13.0 Å². The van der Waals surface area contributed by atoms with Crippen molar-refractivity contribution in [1.29, 1.82) is 0 Å². The van der Waals surface area contributed by atoms with Crippen molar-refractivity contribution in [1.82, 2.24) is 5.32 Å². The standard InChI is InChI=1S/C15H18FNO3/c1-9-6-7-10(12(16)8-9)14(18)17-13-5-3-2-4-11(13)15(19)20/h6-8,11,13H,2-5H2,1H3,(H,17,18)(H,19,20). The molecule has 2 atom stereocenters. The molecule has 0 aliphatic heterocycles. The van der Waals surface area contributed by atoms with Crippen LogP contribution in [0.2, 0.25) is 0 Å². The van der Waals surface area contributed by atoms with Crippen molar-refractivity contribution >= 4 is 11.9 Å². The molecule has 0 heterocycles. The summed E-state index contributed by atoms with van der Waals surface area (Å²) in [6.45, 7) is 1.74. The third-order valence-corrected chi connectivity index (χ3v) is 3.77. The fourth-order valence-electron chi connectivity index (χ4n) is 2.65. The number of carbonyl (C=O) groups excluding carboxylic acids is 1. The van der Waals surface area contributed by atoms with Crippen LogP contribution in [0.4, 0.5) is 4.39 Å². The Bertz CT molecular complexity index is 530. The molecular weight excluding hydrogens is 261 g/mol. The molecule has 1 saturated carbocycles. The Morgan fingerprint density at radius 1 is 1.30 bits per heavy atom. The van der Waals surface area contributed by atoms with E-state index in [0.29, 0.717) is 12.8 Å². The van der Waals surface area contributed by atoms with Crippen LogP contribution in [-0.4, -0.2) is 23.0 Å². The molecule has 2 unspecified atom stereocenters. The minimum Gasteiger partial charge on any atom is -0.481 e. The Morgan fingerprint density at radius 2 is 2.00 bits per heavy atom. The average molecular weight is 279 g/mol. The molecule has 1 fully saturated rings. The number of halogens is 1. The third-order valence-electron chi connectivity index (χ3n) is 3.77. The average Bonchev–Trinajstić information content (AvgIpc) is 2.38. The molecule has 2 N–H and O–H groups in total. The molecule has 1 aromatic carbocycles. The SMILES string of the molecule is Cc1ccc(C(=O)NC2CCCCC2C(=O)O)c(F)c1. The summed E-state index contributed by atoms with van der Waals surface area (Å²) in [5, 5.41) is 11.8. The fraction of sp³-hybridized carbons (Fsp3) is 0.467. The van der Waals surface area contributed by atoms with Crippen LogP contribution in [0.25, 0.3) is 0 Å². The number of hydrogen-bond donors (Lipinski definition) is 2. The number of aryl methyl sites for hydroxylation is 1. The number of carbonyl (C=O) groups is 2. The Kier molecular flexibility index (Phi) is 4.37. The van der Waals surface area contributed by atoms with Crippen molar-refractivity contribution in [2.45, 2.75) is 38.6 Å². The number of benzene rings is 1. The lowest BCUT2D eigenvalue weighted by Crippen LogP contribution is -2.45. The van der Waals surface area contributed by atoms with Crippen LogP contribution in [0.1, 0.15) is 41.6 Å². The molecule has 0 bridgehead atoms. The van der Waals surface area contributed by atoms with E-state index in [1.807, 2.05) is 0 Å². The quantitative estimate of drug-likeness (QED) is 0.893. The number of rotatable bonds is 3. The second kappa shape index (κ2) is 6.03. The zero-order valence-electron chi connectivity index (χ0n) is 11.4. The molecule has 0 spiro atoms. The number of hydrogen-bond acceptors (Lipinski definition) is 2. The molecule has 1 aliphatic carbocycles. The summed E-state index contributed by atoms with van der Waals surface area (Å²) in [5.74, 6) is -2.61. The fourth-order valence-corrected chi connectivity index (χ4v) is 2.65. The molecule has 0 saturated heterocycles. The lowest BCUT2D eigenvalue weighted by atomic mass is 9.84. The van der Waals surface area contributed by atoms with Crippen LogP contribution in [0.5, 0.6) is 0 Å². The summed E-state index contributed by atoms with van der Waals surface area (Å²) >= 11 is 0. The summed E-state index contributed by atoms with van der Waals surface area (Å²) in [5.41, 5.74) is 0.699. The van der Waals surface area contributed by atoms with Crippen molar-refractivity contribution in [3.05, 3.63) is 35.1 Å². The van der Waals surface area contributed by atoms with E-state index in [-0.39, 0.29) is 5.56 Å². The van der Waals surface area contributed by atoms with Gasteiger partial charge >= 0.3 is 5.97 Å². The molecule has 0 aromatic heterocycles. The first-order valence-electron chi connectivity index (χ1n) is 6.79. The van der Waals surface area contributed by atoms with Gasteiger partial charge in [0.2, 0.25) is 0 Å². The number of aliphatic carboxylic acids is 1. The van der Waals surface area contributed by atoms with Gasteiger partial charge in [-0.1, -0.05) is 18.9 Å². The van der Waals surface area contributed by atoms with Crippen LogP contribution >= 0.6 is 0 Å². The zero-order chi connectivity index (χ0) is 14.7. The Balaban J connectivity index is 2.11. The first-order valence-corrected chi connectivity index (χ1v) is 6.79. The molecular formula is C15H18FNO3. The minimum absolute atomic E-state index is 0.0367. The summed E-state index contributed by atoms with van der Waals surface area (Å²) in [6.07, 6.45) is 2.90. The van der Waals surface area contributed by atoms with E-state index >= 15 is 0 Å². The van der Waals surface area contributed by atoms with Crippen LogP contribution < -0.4 is 5.32 Å². The van der Waals surface area contributed by atoms with Crippen LogP contribution in [0.3, 0.4) is 0 Å². The Labute approximate surface area is 117 Å². The zero-order valence-corrected chi connectivity index (χ0v) is 11.4. The van der Waals surface area contributed by atoms with Crippen LogP contribution in [-0.2, 0) is 4.79 Å². The predicted octanol–water partition coefficient (Wildman–Crippen LogP) is 2.51. The van der Waals surface area contributed by atoms with Crippen molar-refractivity contribution in [2.24, 2.45) is 5.92 Å². The van der Waals surface area contributed by atoms with Gasteiger partial charge in [-0.15, -0.1) is 0 Å². The van der Waals surface area contributed by atoms with Crippen molar-refractivity contribution in [3.8, 4) is 0 Å². The van der Waals surface area contributed by atoms with Gasteiger partial charge in [0.15, 0.2) is 0 Å². The summed E-state index contributed by atoms with van der Waals surface area (Å²) < 4.78 is 13.7. The lowest BCUT2D eigenvalue weighted by Gasteiger charge is -2.29. The highest BCUT2D eigenvalue weighted by Crippen LogP contribution is 2.25. The minimum atomic E-state index is -0.903. The van der Waals surface area contributed by atoms with Crippen LogP contribution in [0, 0.1) is 18.7 Å². The van der Waals surface area contributed by atoms with E-state index in [0.717, 1.165) is 18.4 Å². The van der Waals surface area contributed by atoms with Crippen LogP contribution in [0.15, 0.2) is 18.2 Å².